The van der Waals surface area contributed by atoms with Crippen molar-refractivity contribution in [3.63, 3.8) is 0 Å². The fourth-order valence-corrected chi connectivity index (χ4v) is 4.33. The fraction of sp³-hybridized carbons (Fsp3) is 0.400. The van der Waals surface area contributed by atoms with E-state index in [0.717, 1.165) is 5.56 Å². The van der Waals surface area contributed by atoms with Crippen molar-refractivity contribution < 1.29 is 14.0 Å². The quantitative estimate of drug-likeness (QED) is 0.774. The van der Waals surface area contributed by atoms with Crippen molar-refractivity contribution in [2.24, 2.45) is 16.6 Å². The smallest absolute Gasteiger partial charge is 0.232 e. The number of nitrogens with two attached hydrogens (primary N) is 1. The maximum atomic E-state index is 14.7. The molecular formula is C25H29FN4O2. The van der Waals surface area contributed by atoms with Crippen LogP contribution in [0, 0.1) is 11.7 Å². The lowest BCUT2D eigenvalue weighted by Gasteiger charge is -2.37. The predicted molar refractivity (Wildman–Crippen MR) is 123 cm³/mol. The van der Waals surface area contributed by atoms with E-state index in [4.69, 9.17) is 5.73 Å². The molecule has 2 aliphatic rings. The first-order chi connectivity index (χ1) is 15.2. The van der Waals surface area contributed by atoms with Crippen LogP contribution in [-0.2, 0) is 16.1 Å². The van der Waals surface area contributed by atoms with Crippen LogP contribution in [0.15, 0.2) is 53.5 Å². The number of guanidine groups is 1. The maximum Gasteiger partial charge on any atom is 0.232 e. The number of rotatable bonds is 5. The summed E-state index contributed by atoms with van der Waals surface area (Å²) < 4.78 is 14.7. The van der Waals surface area contributed by atoms with Gasteiger partial charge in [0.25, 0.3) is 0 Å². The molecule has 2 heterocycles. The Morgan fingerprint density at radius 1 is 1.16 bits per heavy atom. The molecule has 7 heteroatoms. The van der Waals surface area contributed by atoms with Gasteiger partial charge in [-0.2, -0.15) is 0 Å². The van der Waals surface area contributed by atoms with E-state index >= 15 is 0 Å². The largest absolute Gasteiger partial charge is 0.369 e. The van der Waals surface area contributed by atoms with Gasteiger partial charge in [-0.25, -0.2) is 9.38 Å². The van der Waals surface area contributed by atoms with Crippen molar-refractivity contribution in [3.8, 4) is 0 Å². The number of carbonyl (C=O) groups excluding carboxylic acids is 2. The summed E-state index contributed by atoms with van der Waals surface area (Å²) in [4.78, 5) is 33.0. The van der Waals surface area contributed by atoms with E-state index in [1.807, 2.05) is 51.1 Å². The first-order valence-electron chi connectivity index (χ1n) is 11.0. The average molecular weight is 437 g/mol. The van der Waals surface area contributed by atoms with Gasteiger partial charge in [0, 0.05) is 18.9 Å². The summed E-state index contributed by atoms with van der Waals surface area (Å²) in [6.45, 7) is 6.56. The first-order valence-corrected chi connectivity index (χ1v) is 11.0. The standard InChI is InChI=1S/C25H29FN4O2/c1-16(2)25(3)13-23(32)30(24(27)28-25)14-17-9-10-20(26)21(11-17)29-15-19(12-22(29)31)18-7-5-4-6-8-18/h4-11,16,19H,12-15H2,1-3H3,(H2,27,28)/t19-,25-/m0/s1. The number of carbonyl (C=O) groups is 2. The minimum atomic E-state index is -0.528. The number of hydrogen-bond acceptors (Lipinski definition) is 4. The van der Waals surface area contributed by atoms with E-state index in [1.165, 1.54) is 15.9 Å². The molecular weight excluding hydrogens is 407 g/mol. The molecule has 2 aromatic rings. The van der Waals surface area contributed by atoms with Crippen LogP contribution in [0.3, 0.4) is 0 Å². The highest BCUT2D eigenvalue weighted by Gasteiger charge is 2.38. The Morgan fingerprint density at radius 3 is 2.53 bits per heavy atom. The molecule has 2 amide bonds. The highest BCUT2D eigenvalue weighted by atomic mass is 19.1. The van der Waals surface area contributed by atoms with E-state index in [2.05, 4.69) is 4.99 Å². The summed E-state index contributed by atoms with van der Waals surface area (Å²) in [6.07, 6.45) is 0.606. The minimum Gasteiger partial charge on any atom is -0.369 e. The molecule has 2 aromatic carbocycles. The SMILES string of the molecule is CC(C)[C@]1(C)CC(=O)N(Cc2ccc(F)c(N3C[C@@H](c4ccccc4)CC3=O)c2)C(N)=N1. The molecule has 32 heavy (non-hydrogen) atoms. The molecule has 2 aliphatic heterocycles. The van der Waals surface area contributed by atoms with Crippen LogP contribution in [0.25, 0.3) is 0 Å². The Bertz CT molecular complexity index is 1070. The van der Waals surface area contributed by atoms with Gasteiger partial charge in [-0.1, -0.05) is 50.2 Å². The molecule has 0 aromatic heterocycles. The normalized spacial score (nSPS) is 23.8. The molecule has 0 spiro atoms. The van der Waals surface area contributed by atoms with Crippen molar-refractivity contribution in [1.82, 2.24) is 4.90 Å². The number of nitrogens with zero attached hydrogens (tertiary/aromatic N) is 3. The molecule has 0 bridgehead atoms. The topological polar surface area (TPSA) is 79.0 Å². The zero-order chi connectivity index (χ0) is 23.0. The molecule has 4 rings (SSSR count). The highest BCUT2D eigenvalue weighted by Crippen LogP contribution is 2.34. The molecule has 2 N–H and O–H groups in total. The summed E-state index contributed by atoms with van der Waals surface area (Å²) in [5.41, 5.74) is 7.61. The van der Waals surface area contributed by atoms with Crippen molar-refractivity contribution in [2.75, 3.05) is 11.4 Å². The zero-order valence-electron chi connectivity index (χ0n) is 18.7. The Morgan fingerprint density at radius 2 is 1.88 bits per heavy atom. The van der Waals surface area contributed by atoms with Gasteiger partial charge in [0.2, 0.25) is 11.8 Å². The summed E-state index contributed by atoms with van der Waals surface area (Å²) in [7, 11) is 0. The third-order valence-electron chi connectivity index (χ3n) is 6.74. The third-order valence-corrected chi connectivity index (χ3v) is 6.74. The summed E-state index contributed by atoms with van der Waals surface area (Å²) >= 11 is 0. The summed E-state index contributed by atoms with van der Waals surface area (Å²) in [5.74, 6) is -0.326. The van der Waals surface area contributed by atoms with Gasteiger partial charge in [0.05, 0.1) is 24.2 Å². The number of halogens is 1. The van der Waals surface area contributed by atoms with Crippen LogP contribution in [0.1, 0.15) is 50.7 Å². The highest BCUT2D eigenvalue weighted by molar-refractivity contribution is 5.99. The van der Waals surface area contributed by atoms with Crippen molar-refractivity contribution >= 4 is 23.5 Å². The lowest BCUT2D eigenvalue weighted by atomic mass is 9.84. The van der Waals surface area contributed by atoms with Crippen molar-refractivity contribution in [2.45, 2.75) is 51.6 Å². The Balaban J connectivity index is 1.56. The first kappa shape index (κ1) is 22.0. The molecule has 2 atom stereocenters. The molecule has 0 unspecified atom stereocenters. The molecule has 1 fully saturated rings. The van der Waals surface area contributed by atoms with Gasteiger partial charge >= 0.3 is 0 Å². The number of amides is 2. The number of benzene rings is 2. The van der Waals surface area contributed by atoms with Gasteiger partial charge in [-0.15, -0.1) is 0 Å². The van der Waals surface area contributed by atoms with Gasteiger partial charge in [-0.3, -0.25) is 14.5 Å². The predicted octanol–water partition coefficient (Wildman–Crippen LogP) is 3.81. The number of hydrogen-bond donors (Lipinski definition) is 1. The van der Waals surface area contributed by atoms with Crippen LogP contribution >= 0.6 is 0 Å². The van der Waals surface area contributed by atoms with E-state index in [9.17, 15) is 14.0 Å². The van der Waals surface area contributed by atoms with E-state index < -0.39 is 11.4 Å². The monoisotopic (exact) mass is 436 g/mol. The Labute approximate surface area is 187 Å². The van der Waals surface area contributed by atoms with Gasteiger partial charge in [0.1, 0.15) is 5.82 Å². The molecule has 0 aliphatic carbocycles. The summed E-state index contributed by atoms with van der Waals surface area (Å²) in [6, 6.07) is 14.4. The molecule has 1 saturated heterocycles. The van der Waals surface area contributed by atoms with Gasteiger partial charge in [-0.05, 0) is 36.1 Å². The second-order valence-electron chi connectivity index (χ2n) is 9.24. The Hall–Kier alpha value is -3.22. The van der Waals surface area contributed by atoms with Crippen LogP contribution in [-0.4, -0.2) is 34.8 Å². The van der Waals surface area contributed by atoms with E-state index in [0.29, 0.717) is 18.5 Å². The fourth-order valence-electron chi connectivity index (χ4n) is 4.33. The number of anilines is 1. The average Bonchev–Trinajstić information content (AvgIpc) is 3.14. The van der Waals surface area contributed by atoms with Gasteiger partial charge in [0.15, 0.2) is 5.96 Å². The molecule has 168 valence electrons. The zero-order valence-corrected chi connectivity index (χ0v) is 18.7. The second kappa shape index (κ2) is 8.37. The van der Waals surface area contributed by atoms with E-state index in [-0.39, 0.29) is 48.3 Å². The van der Waals surface area contributed by atoms with Crippen LogP contribution in [0.2, 0.25) is 0 Å². The molecule has 6 nitrogen and oxygen atoms in total. The van der Waals surface area contributed by atoms with Crippen LogP contribution in [0.5, 0.6) is 0 Å². The van der Waals surface area contributed by atoms with E-state index in [1.54, 1.807) is 12.1 Å². The second-order valence-corrected chi connectivity index (χ2v) is 9.24. The lowest BCUT2D eigenvalue weighted by Crippen LogP contribution is -2.51. The summed E-state index contributed by atoms with van der Waals surface area (Å²) in [5, 5.41) is 0. The minimum absolute atomic E-state index is 0.0203. The Kier molecular flexibility index (Phi) is 5.75. The molecule has 0 radical (unpaired) electrons. The number of aliphatic imine (C=N–C) groups is 1. The van der Waals surface area contributed by atoms with Gasteiger partial charge < -0.3 is 10.6 Å². The van der Waals surface area contributed by atoms with Crippen molar-refractivity contribution in [1.29, 1.82) is 0 Å². The molecule has 0 saturated carbocycles. The third kappa shape index (κ3) is 4.11. The maximum absolute atomic E-state index is 14.7. The van der Waals surface area contributed by atoms with Crippen molar-refractivity contribution in [3.05, 3.63) is 65.5 Å². The lowest BCUT2D eigenvalue weighted by molar-refractivity contribution is -0.130. The van der Waals surface area contributed by atoms with Crippen LogP contribution in [0.4, 0.5) is 10.1 Å². The van der Waals surface area contributed by atoms with Crippen LogP contribution < -0.4 is 10.6 Å².